The number of rotatable bonds is 5. The maximum Gasteiger partial charge on any atom is 0.262 e. The van der Waals surface area contributed by atoms with Crippen molar-refractivity contribution in [3.63, 3.8) is 0 Å². The van der Waals surface area contributed by atoms with Crippen molar-refractivity contribution in [3.05, 3.63) is 17.2 Å². The molecule has 1 fully saturated rings. The van der Waals surface area contributed by atoms with E-state index in [9.17, 15) is 9.59 Å². The minimum Gasteiger partial charge on any atom is -0.482 e. The topological polar surface area (TPSA) is 79.5 Å². The molecule has 120 valence electrons. The maximum atomic E-state index is 11.8. The van der Waals surface area contributed by atoms with Crippen LogP contribution in [0.25, 0.3) is 0 Å². The van der Waals surface area contributed by atoms with Gasteiger partial charge >= 0.3 is 0 Å². The Kier molecular flexibility index (Phi) is 5.50. The van der Waals surface area contributed by atoms with Gasteiger partial charge < -0.3 is 20.7 Å². The number of amides is 2. The first kappa shape index (κ1) is 16.9. The zero-order valence-corrected chi connectivity index (χ0v) is 13.4. The SMILES string of the molecule is Cl.O=C(CNCC1CC1)Nc1cc2c(cc1Cl)NC(=O)CO2. The van der Waals surface area contributed by atoms with E-state index in [0.717, 1.165) is 12.5 Å². The molecule has 0 bridgehead atoms. The van der Waals surface area contributed by atoms with Crippen LogP contribution in [0.4, 0.5) is 11.4 Å². The minimum absolute atomic E-state index is 0. The van der Waals surface area contributed by atoms with Gasteiger partial charge in [-0.2, -0.15) is 0 Å². The summed E-state index contributed by atoms with van der Waals surface area (Å²) in [6.07, 6.45) is 2.49. The molecule has 1 aromatic carbocycles. The Labute approximate surface area is 139 Å². The molecular weight excluding hydrogens is 329 g/mol. The highest BCUT2D eigenvalue weighted by molar-refractivity contribution is 6.34. The molecule has 3 N–H and O–H groups in total. The number of carbonyl (C=O) groups excluding carboxylic acids is 2. The van der Waals surface area contributed by atoms with Crippen molar-refractivity contribution < 1.29 is 14.3 Å². The number of anilines is 2. The summed E-state index contributed by atoms with van der Waals surface area (Å²) in [5.41, 5.74) is 0.992. The third-order valence-electron chi connectivity index (χ3n) is 3.39. The highest BCUT2D eigenvalue weighted by atomic mass is 35.5. The fraction of sp³-hybridized carbons (Fsp3) is 0.429. The number of ether oxygens (including phenoxy) is 1. The molecular formula is C14H17Cl2N3O3. The molecule has 1 aliphatic heterocycles. The van der Waals surface area contributed by atoms with Crippen molar-refractivity contribution in [2.24, 2.45) is 5.92 Å². The van der Waals surface area contributed by atoms with Crippen molar-refractivity contribution in [2.75, 3.05) is 30.3 Å². The van der Waals surface area contributed by atoms with Crippen LogP contribution in [0.5, 0.6) is 5.75 Å². The van der Waals surface area contributed by atoms with Crippen LogP contribution in [0, 0.1) is 5.92 Å². The third kappa shape index (κ3) is 4.25. The molecule has 8 heteroatoms. The van der Waals surface area contributed by atoms with E-state index < -0.39 is 0 Å². The molecule has 2 amide bonds. The van der Waals surface area contributed by atoms with Gasteiger partial charge in [-0.25, -0.2) is 0 Å². The lowest BCUT2D eigenvalue weighted by Gasteiger charge is -2.19. The Bertz CT molecular complexity index is 591. The molecule has 2 aliphatic rings. The van der Waals surface area contributed by atoms with E-state index in [1.165, 1.54) is 12.8 Å². The fourth-order valence-corrected chi connectivity index (χ4v) is 2.31. The second-order valence-corrected chi connectivity index (χ2v) is 5.69. The predicted octanol–water partition coefficient (Wildman–Crippen LogP) is 2.03. The molecule has 0 aromatic heterocycles. The van der Waals surface area contributed by atoms with Gasteiger partial charge in [0.15, 0.2) is 6.61 Å². The Morgan fingerprint density at radius 2 is 2.18 bits per heavy atom. The van der Waals surface area contributed by atoms with Crippen molar-refractivity contribution in [1.82, 2.24) is 5.32 Å². The summed E-state index contributed by atoms with van der Waals surface area (Å²) in [6, 6.07) is 3.19. The number of fused-ring (bicyclic) bond motifs is 1. The molecule has 1 aromatic rings. The molecule has 0 radical (unpaired) electrons. The zero-order valence-electron chi connectivity index (χ0n) is 11.8. The largest absolute Gasteiger partial charge is 0.482 e. The van der Waals surface area contributed by atoms with Gasteiger partial charge in [-0.15, -0.1) is 12.4 Å². The van der Waals surface area contributed by atoms with Crippen LogP contribution in [0.15, 0.2) is 12.1 Å². The van der Waals surface area contributed by atoms with Crippen molar-refractivity contribution in [3.8, 4) is 5.75 Å². The van der Waals surface area contributed by atoms with Crippen LogP contribution in [0.1, 0.15) is 12.8 Å². The Balaban J connectivity index is 0.00000176. The van der Waals surface area contributed by atoms with Crippen molar-refractivity contribution in [1.29, 1.82) is 0 Å². The molecule has 1 heterocycles. The summed E-state index contributed by atoms with van der Waals surface area (Å²) in [4.78, 5) is 23.1. The van der Waals surface area contributed by atoms with E-state index in [4.69, 9.17) is 16.3 Å². The normalized spacial score (nSPS) is 16.0. The number of halogens is 2. The van der Waals surface area contributed by atoms with Crippen molar-refractivity contribution >= 4 is 47.2 Å². The summed E-state index contributed by atoms with van der Waals surface area (Å²) >= 11 is 6.11. The van der Waals surface area contributed by atoms with Gasteiger partial charge in [0.2, 0.25) is 5.91 Å². The van der Waals surface area contributed by atoms with E-state index in [0.29, 0.717) is 22.1 Å². The average molecular weight is 346 g/mol. The van der Waals surface area contributed by atoms with E-state index in [-0.39, 0.29) is 37.4 Å². The summed E-state index contributed by atoms with van der Waals surface area (Å²) in [5.74, 6) is 0.847. The van der Waals surface area contributed by atoms with Gasteiger partial charge in [-0.3, -0.25) is 9.59 Å². The molecule has 0 unspecified atom stereocenters. The van der Waals surface area contributed by atoms with Gasteiger partial charge in [0.25, 0.3) is 5.91 Å². The zero-order chi connectivity index (χ0) is 14.8. The number of carbonyl (C=O) groups is 2. The van der Waals surface area contributed by atoms with Gasteiger partial charge in [0.1, 0.15) is 5.75 Å². The average Bonchev–Trinajstić information content (AvgIpc) is 3.24. The molecule has 0 saturated heterocycles. The molecule has 1 saturated carbocycles. The second-order valence-electron chi connectivity index (χ2n) is 5.29. The fourth-order valence-electron chi connectivity index (χ4n) is 2.10. The first-order valence-corrected chi connectivity index (χ1v) is 7.26. The highest BCUT2D eigenvalue weighted by Crippen LogP contribution is 2.36. The number of nitrogens with one attached hydrogen (secondary N) is 3. The first-order chi connectivity index (χ1) is 10.1. The molecule has 6 nitrogen and oxygen atoms in total. The van der Waals surface area contributed by atoms with Crippen LogP contribution in [0.3, 0.4) is 0 Å². The third-order valence-corrected chi connectivity index (χ3v) is 3.70. The van der Waals surface area contributed by atoms with Crippen LogP contribution >= 0.6 is 24.0 Å². The maximum absolute atomic E-state index is 11.8. The molecule has 3 rings (SSSR count). The van der Waals surface area contributed by atoms with Crippen LogP contribution in [0.2, 0.25) is 5.02 Å². The summed E-state index contributed by atoms with van der Waals surface area (Å²) in [7, 11) is 0. The Morgan fingerprint density at radius 1 is 1.41 bits per heavy atom. The number of benzene rings is 1. The van der Waals surface area contributed by atoms with E-state index in [2.05, 4.69) is 16.0 Å². The molecule has 0 spiro atoms. The Morgan fingerprint density at radius 3 is 2.91 bits per heavy atom. The number of hydrogen-bond donors (Lipinski definition) is 3. The highest BCUT2D eigenvalue weighted by Gasteiger charge is 2.21. The monoisotopic (exact) mass is 345 g/mol. The minimum atomic E-state index is -0.223. The lowest BCUT2D eigenvalue weighted by atomic mass is 10.2. The van der Waals surface area contributed by atoms with Crippen LogP contribution < -0.4 is 20.7 Å². The lowest BCUT2D eigenvalue weighted by Crippen LogP contribution is -2.30. The molecule has 1 aliphatic carbocycles. The van der Waals surface area contributed by atoms with Crippen molar-refractivity contribution in [2.45, 2.75) is 12.8 Å². The second kappa shape index (κ2) is 7.17. The van der Waals surface area contributed by atoms with Gasteiger partial charge in [0, 0.05) is 6.07 Å². The standard InChI is InChI=1S/C14H16ClN3O3.ClH/c15-9-3-11-12(21-7-14(20)18-11)4-10(9)17-13(19)6-16-5-8-1-2-8;/h3-4,8,16H,1-2,5-7H2,(H,17,19)(H,18,20);1H. The van der Waals surface area contributed by atoms with Crippen LogP contribution in [-0.4, -0.2) is 31.5 Å². The van der Waals surface area contributed by atoms with E-state index >= 15 is 0 Å². The summed E-state index contributed by atoms with van der Waals surface area (Å²) < 4.78 is 5.30. The summed E-state index contributed by atoms with van der Waals surface area (Å²) in [5, 5.41) is 8.87. The van der Waals surface area contributed by atoms with Gasteiger partial charge in [0.05, 0.1) is 22.9 Å². The quantitative estimate of drug-likeness (QED) is 0.762. The van der Waals surface area contributed by atoms with E-state index in [1.54, 1.807) is 12.1 Å². The van der Waals surface area contributed by atoms with E-state index in [1.807, 2.05) is 0 Å². The van der Waals surface area contributed by atoms with Gasteiger partial charge in [-0.05, 0) is 31.4 Å². The molecule has 0 atom stereocenters. The van der Waals surface area contributed by atoms with Crippen LogP contribution in [-0.2, 0) is 9.59 Å². The lowest BCUT2D eigenvalue weighted by molar-refractivity contribution is -0.118. The smallest absolute Gasteiger partial charge is 0.262 e. The first-order valence-electron chi connectivity index (χ1n) is 6.88. The van der Waals surface area contributed by atoms with Gasteiger partial charge in [-0.1, -0.05) is 11.6 Å². The number of hydrogen-bond acceptors (Lipinski definition) is 4. The molecule has 22 heavy (non-hydrogen) atoms. The summed E-state index contributed by atoms with van der Waals surface area (Å²) in [6.45, 7) is 1.09. The Hall–Kier alpha value is -1.50. The predicted molar refractivity (Wildman–Crippen MR) is 87.0 cm³/mol.